The van der Waals surface area contributed by atoms with Gasteiger partial charge in [-0.05, 0) is 74.2 Å². The Hall–Kier alpha value is -4.46. The number of hydrogen-bond acceptors (Lipinski definition) is 10. The highest BCUT2D eigenvalue weighted by molar-refractivity contribution is 6.32. The first-order valence-corrected chi connectivity index (χ1v) is 14.3. The van der Waals surface area contributed by atoms with E-state index < -0.39 is 70.4 Å². The average molecular weight is 607 g/mol. The molecule has 2 aromatic carbocycles. The summed E-state index contributed by atoms with van der Waals surface area (Å²) in [5, 5.41) is 36.6. The van der Waals surface area contributed by atoms with E-state index in [0.717, 1.165) is 0 Å². The number of phenols is 1. The third kappa shape index (κ3) is 4.86. The molecule has 0 radical (unpaired) electrons. The topological polar surface area (TPSA) is 216 Å². The number of nitrogens with one attached hydrogen (secondary N) is 2. The predicted octanol–water partition coefficient (Wildman–Crippen LogP) is 0.0379. The van der Waals surface area contributed by atoms with Crippen LogP contribution in [0.1, 0.15) is 28.8 Å². The lowest BCUT2D eigenvalue weighted by molar-refractivity contribution is -0.181. The molecule has 2 aromatic rings. The molecule has 13 nitrogen and oxygen atoms in total. The van der Waals surface area contributed by atoms with Gasteiger partial charge in [0, 0.05) is 24.8 Å². The lowest BCUT2D eigenvalue weighted by atomic mass is 9.52. The van der Waals surface area contributed by atoms with E-state index in [0.29, 0.717) is 35.3 Å². The number of amides is 3. The van der Waals surface area contributed by atoms with Gasteiger partial charge in [-0.2, -0.15) is 0 Å². The third-order valence-electron chi connectivity index (χ3n) is 9.02. The molecule has 0 aromatic heterocycles. The van der Waals surface area contributed by atoms with Gasteiger partial charge in [0.2, 0.25) is 5.91 Å². The Morgan fingerprint density at radius 2 is 1.73 bits per heavy atom. The first kappa shape index (κ1) is 31.0. The Bertz CT molecular complexity index is 1570. The number of anilines is 1. The summed E-state index contributed by atoms with van der Waals surface area (Å²) < 4.78 is 0. The number of carbonyl (C=O) groups is 6. The van der Waals surface area contributed by atoms with Gasteiger partial charge in [0.1, 0.15) is 5.75 Å². The van der Waals surface area contributed by atoms with Crippen LogP contribution in [0.2, 0.25) is 0 Å². The largest absolute Gasteiger partial charge is 0.507 e. The van der Waals surface area contributed by atoms with Gasteiger partial charge in [-0.25, -0.2) is 4.79 Å². The van der Waals surface area contributed by atoms with E-state index in [4.69, 9.17) is 10.8 Å². The van der Waals surface area contributed by atoms with Crippen molar-refractivity contribution in [2.45, 2.75) is 30.9 Å². The molecule has 3 aliphatic carbocycles. The van der Waals surface area contributed by atoms with Crippen LogP contribution in [-0.4, -0.2) is 94.2 Å². The summed E-state index contributed by atoms with van der Waals surface area (Å²) in [5.74, 6) is -11.0. The van der Waals surface area contributed by atoms with Crippen LogP contribution in [0.5, 0.6) is 5.75 Å². The second-order valence-electron chi connectivity index (χ2n) is 11.8. The zero-order valence-corrected chi connectivity index (χ0v) is 24.2. The SMILES string of the molecule is CN(C)C1C(=O)C(C(N)=O)C(=O)[C@]2(O)C(=O)C3C(=O)c4c(O)ccc(-c5ccc(NC(=O)NCCCO)cc5)c4C[C@@H]3C[C@H]12. The number of urea groups is 1. The lowest BCUT2D eigenvalue weighted by Crippen LogP contribution is -2.74. The Balaban J connectivity index is 1.51. The van der Waals surface area contributed by atoms with E-state index in [-0.39, 0.29) is 30.8 Å². The summed E-state index contributed by atoms with van der Waals surface area (Å²) in [6, 6.07) is 8.12. The highest BCUT2D eigenvalue weighted by atomic mass is 16.3. The molecule has 6 atom stereocenters. The van der Waals surface area contributed by atoms with Gasteiger partial charge in [0.05, 0.1) is 17.5 Å². The maximum absolute atomic E-state index is 14.0. The summed E-state index contributed by atoms with van der Waals surface area (Å²) in [7, 11) is 3.06. The fraction of sp³-hybridized carbons (Fsp3) is 0.419. The van der Waals surface area contributed by atoms with Crippen molar-refractivity contribution in [3.05, 3.63) is 47.5 Å². The first-order chi connectivity index (χ1) is 20.8. The number of nitrogens with two attached hydrogens (primary N) is 1. The van der Waals surface area contributed by atoms with Crippen LogP contribution in [0.3, 0.4) is 0 Å². The molecular formula is C31H34N4O9. The van der Waals surface area contributed by atoms with Crippen LogP contribution in [0.4, 0.5) is 10.5 Å². The molecule has 0 aliphatic heterocycles. The second-order valence-corrected chi connectivity index (χ2v) is 11.8. The number of rotatable bonds is 7. The number of phenolic OH excluding ortho intramolecular Hbond substituents is 1. The van der Waals surface area contributed by atoms with E-state index in [9.17, 15) is 39.0 Å². The van der Waals surface area contributed by atoms with E-state index in [2.05, 4.69) is 10.6 Å². The van der Waals surface area contributed by atoms with Crippen molar-refractivity contribution in [1.82, 2.24) is 10.2 Å². The average Bonchev–Trinajstić information content (AvgIpc) is 2.95. The van der Waals surface area contributed by atoms with Crippen molar-refractivity contribution in [2.75, 3.05) is 32.6 Å². The number of likely N-dealkylation sites (N-methyl/N-ethyl adjacent to an activating group) is 1. The van der Waals surface area contributed by atoms with Crippen LogP contribution < -0.4 is 16.4 Å². The maximum Gasteiger partial charge on any atom is 0.319 e. The van der Waals surface area contributed by atoms with Gasteiger partial charge in [-0.1, -0.05) is 18.2 Å². The summed E-state index contributed by atoms with van der Waals surface area (Å²) in [4.78, 5) is 80.2. The molecule has 7 N–H and O–H groups in total. The number of hydrogen-bond donors (Lipinski definition) is 6. The standard InChI is InChI=1S/C31H34N4O9/c1-35(2)24-19-13-15-12-18-17(14-4-6-16(7-5-14)34-30(43)33-10-3-11-36)8-9-20(37)22(18)25(38)21(15)27(40)31(19,44)28(41)23(26(24)39)29(32)42/h4-9,15,19,21,23-24,36-37,44H,3,10-13H2,1-2H3,(H2,32,42)(H2,33,34,43)/t15-,19-,21?,23?,24?,31-/m1/s1. The minimum absolute atomic E-state index is 0.0477. The highest BCUT2D eigenvalue weighted by Crippen LogP contribution is 2.51. The van der Waals surface area contributed by atoms with Gasteiger partial charge >= 0.3 is 6.03 Å². The third-order valence-corrected chi connectivity index (χ3v) is 9.02. The number of aliphatic hydroxyl groups is 2. The summed E-state index contributed by atoms with van der Waals surface area (Å²) in [5.41, 5.74) is 4.71. The van der Waals surface area contributed by atoms with Gasteiger partial charge in [-0.3, -0.25) is 28.9 Å². The Morgan fingerprint density at radius 3 is 2.34 bits per heavy atom. The fourth-order valence-electron chi connectivity index (χ4n) is 7.06. The van der Waals surface area contributed by atoms with Crippen molar-refractivity contribution in [1.29, 1.82) is 0 Å². The van der Waals surface area contributed by atoms with E-state index in [1.165, 1.54) is 25.1 Å². The number of ketones is 4. The molecule has 3 aliphatic rings. The minimum atomic E-state index is -2.78. The fourth-order valence-corrected chi connectivity index (χ4v) is 7.06. The smallest absolute Gasteiger partial charge is 0.319 e. The molecule has 13 heteroatoms. The summed E-state index contributed by atoms with van der Waals surface area (Å²) in [6.07, 6.45) is 0.497. The molecule has 2 fully saturated rings. The number of benzene rings is 2. The second kappa shape index (κ2) is 11.6. The molecule has 44 heavy (non-hydrogen) atoms. The Labute approximate surface area is 252 Å². The predicted molar refractivity (Wildman–Crippen MR) is 156 cm³/mol. The highest BCUT2D eigenvalue weighted by Gasteiger charge is 2.69. The molecule has 232 valence electrons. The van der Waals surface area contributed by atoms with Gasteiger partial charge in [-0.15, -0.1) is 0 Å². The number of aromatic hydroxyl groups is 1. The van der Waals surface area contributed by atoms with Crippen molar-refractivity contribution in [2.24, 2.45) is 29.4 Å². The maximum atomic E-state index is 14.0. The van der Waals surface area contributed by atoms with Crippen LogP contribution in [-0.2, 0) is 25.6 Å². The number of nitrogens with zero attached hydrogens (tertiary/aromatic N) is 1. The molecule has 0 heterocycles. The molecule has 3 unspecified atom stereocenters. The van der Waals surface area contributed by atoms with Crippen molar-refractivity contribution < 1.29 is 44.1 Å². The van der Waals surface area contributed by atoms with E-state index >= 15 is 0 Å². The molecule has 0 saturated heterocycles. The minimum Gasteiger partial charge on any atom is -0.507 e. The van der Waals surface area contributed by atoms with Crippen LogP contribution in [0, 0.1) is 23.7 Å². The first-order valence-electron chi connectivity index (χ1n) is 14.3. The lowest BCUT2D eigenvalue weighted by Gasteiger charge is -2.52. The number of aliphatic hydroxyl groups excluding tert-OH is 1. The van der Waals surface area contributed by atoms with Crippen LogP contribution in [0.15, 0.2) is 36.4 Å². The van der Waals surface area contributed by atoms with Gasteiger partial charge in [0.25, 0.3) is 0 Å². The van der Waals surface area contributed by atoms with Gasteiger partial charge in [0.15, 0.2) is 34.7 Å². The number of Topliss-reactive ketones (excluding diaryl/α,β-unsaturated/α-hetero) is 4. The number of fused-ring (bicyclic) bond motifs is 3. The molecule has 0 bridgehead atoms. The number of carbonyl (C=O) groups excluding carboxylic acids is 6. The normalized spacial score (nSPS) is 27.8. The van der Waals surface area contributed by atoms with Crippen molar-refractivity contribution >= 4 is 40.8 Å². The molecule has 3 amide bonds. The molecule has 2 saturated carbocycles. The summed E-state index contributed by atoms with van der Waals surface area (Å²) >= 11 is 0. The number of primary amides is 1. The van der Waals surface area contributed by atoms with Crippen LogP contribution in [0.25, 0.3) is 11.1 Å². The molecule has 5 rings (SSSR count). The van der Waals surface area contributed by atoms with E-state index in [1.807, 2.05) is 0 Å². The Morgan fingerprint density at radius 1 is 1.05 bits per heavy atom. The Kier molecular flexibility index (Phi) is 8.14. The van der Waals surface area contributed by atoms with E-state index in [1.54, 1.807) is 30.3 Å². The van der Waals surface area contributed by atoms with Crippen molar-refractivity contribution in [3.8, 4) is 16.9 Å². The molecular weight excluding hydrogens is 572 g/mol. The molecule has 0 spiro atoms. The monoisotopic (exact) mass is 606 g/mol. The quantitative estimate of drug-likeness (QED) is 0.184. The zero-order chi connectivity index (χ0) is 32.1. The zero-order valence-electron chi connectivity index (χ0n) is 24.2. The van der Waals surface area contributed by atoms with Crippen LogP contribution >= 0.6 is 0 Å². The van der Waals surface area contributed by atoms with Gasteiger partial charge < -0.3 is 31.7 Å². The van der Waals surface area contributed by atoms with Crippen molar-refractivity contribution in [3.63, 3.8) is 0 Å². The summed E-state index contributed by atoms with van der Waals surface area (Å²) in [6.45, 7) is 0.258.